The lowest BCUT2D eigenvalue weighted by molar-refractivity contribution is -0.179. The van der Waals surface area contributed by atoms with E-state index < -0.39 is 23.1 Å². The molecule has 0 spiro atoms. The van der Waals surface area contributed by atoms with Gasteiger partial charge in [0.1, 0.15) is 5.54 Å². The fourth-order valence-corrected chi connectivity index (χ4v) is 5.67. The van der Waals surface area contributed by atoms with Crippen LogP contribution < -0.4 is 10.6 Å². The largest absolute Gasteiger partial charge is 0.478 e. The van der Waals surface area contributed by atoms with Gasteiger partial charge < -0.3 is 25.0 Å². The maximum absolute atomic E-state index is 13.8. The summed E-state index contributed by atoms with van der Waals surface area (Å²) in [6.07, 6.45) is 7.06. The van der Waals surface area contributed by atoms with E-state index in [4.69, 9.17) is 10.00 Å². The van der Waals surface area contributed by atoms with E-state index >= 15 is 0 Å². The Morgan fingerprint density at radius 2 is 1.95 bits per heavy atom. The van der Waals surface area contributed by atoms with Gasteiger partial charge in [-0.15, -0.1) is 0 Å². The molecule has 1 saturated heterocycles. The number of Topliss-reactive ketones (excluding diaryl/α,β-unsaturated/α-hetero) is 1. The zero-order valence-corrected chi connectivity index (χ0v) is 25.1. The van der Waals surface area contributed by atoms with Crippen LogP contribution in [0.1, 0.15) is 48.1 Å². The van der Waals surface area contributed by atoms with Gasteiger partial charge in [-0.05, 0) is 61.1 Å². The summed E-state index contributed by atoms with van der Waals surface area (Å²) in [6, 6.07) is 18.8. The van der Waals surface area contributed by atoms with Crippen molar-refractivity contribution in [1.82, 2.24) is 20.2 Å². The minimum atomic E-state index is -1.97. The molecule has 1 aliphatic heterocycles. The highest BCUT2D eigenvalue weighted by Gasteiger charge is 2.47. The number of aromatic nitrogens is 2. The number of carboxylic acid groups (broad SMARTS) is 1. The van der Waals surface area contributed by atoms with Crippen molar-refractivity contribution in [1.29, 1.82) is 5.26 Å². The Kier molecular flexibility index (Phi) is 11.1. The Hall–Kier alpha value is -3.98. The predicted molar refractivity (Wildman–Crippen MR) is 163 cm³/mol. The second-order valence-electron chi connectivity index (χ2n) is 10.7. The van der Waals surface area contributed by atoms with Crippen LogP contribution in [-0.4, -0.2) is 68.7 Å². The van der Waals surface area contributed by atoms with E-state index in [-0.39, 0.29) is 31.7 Å². The zero-order valence-electron chi connectivity index (χ0n) is 24.3. The van der Waals surface area contributed by atoms with Crippen LogP contribution in [-0.2, 0) is 38.5 Å². The van der Waals surface area contributed by atoms with Crippen molar-refractivity contribution in [3.05, 3.63) is 89.5 Å². The quantitative estimate of drug-likeness (QED) is 0.210. The standard InChI is InChI=1S/C32H37N5O5S/c1-43-17-15-32(30(40)41,36-29(39)13-12-24-6-3-2-4-7-24)42-22-31(14-5-16-35-31)28(38)18-27-20-34-23-37(27)21-26-10-8-25(19-33)9-11-26/h2-4,6-11,20,23,35H,5,12-18,21-22H2,1H3,(H,36,39)(H,40,41)/t31-,32+/m0/s1. The van der Waals surface area contributed by atoms with Crippen molar-refractivity contribution < 1.29 is 24.2 Å². The number of carbonyl (C=O) groups excluding carboxylic acids is 2. The van der Waals surface area contributed by atoms with Crippen LogP contribution in [0.3, 0.4) is 0 Å². The molecule has 3 N–H and O–H groups in total. The van der Waals surface area contributed by atoms with Crippen LogP contribution in [0.5, 0.6) is 0 Å². The second kappa shape index (κ2) is 15.0. The van der Waals surface area contributed by atoms with Crippen LogP contribution in [0.15, 0.2) is 67.1 Å². The average molecular weight is 604 g/mol. The van der Waals surface area contributed by atoms with Crippen LogP contribution in [0.4, 0.5) is 0 Å². The molecule has 4 rings (SSSR count). The minimum Gasteiger partial charge on any atom is -0.478 e. The van der Waals surface area contributed by atoms with E-state index in [0.717, 1.165) is 17.5 Å². The van der Waals surface area contributed by atoms with E-state index in [1.165, 1.54) is 11.8 Å². The SMILES string of the molecule is CSCC[C@@](NC(=O)CCc1ccccc1)(OC[C@]1(C(=O)Cc2cncn2Cc2ccc(C#N)cc2)CCCN1)C(=O)O. The summed E-state index contributed by atoms with van der Waals surface area (Å²) >= 11 is 1.45. The molecule has 1 aliphatic rings. The molecule has 0 radical (unpaired) electrons. The molecule has 226 valence electrons. The normalized spacial score (nSPS) is 17.6. The molecule has 0 saturated carbocycles. The van der Waals surface area contributed by atoms with Gasteiger partial charge in [-0.2, -0.15) is 17.0 Å². The topological polar surface area (TPSA) is 146 Å². The number of thioether (sulfide) groups is 1. The Morgan fingerprint density at radius 3 is 2.60 bits per heavy atom. The summed E-state index contributed by atoms with van der Waals surface area (Å²) in [4.78, 5) is 43.7. The lowest BCUT2D eigenvalue weighted by atomic mass is 9.90. The van der Waals surface area contributed by atoms with Gasteiger partial charge in [0.2, 0.25) is 11.6 Å². The lowest BCUT2D eigenvalue weighted by Crippen LogP contribution is -2.61. The highest BCUT2D eigenvalue weighted by atomic mass is 32.2. The van der Waals surface area contributed by atoms with E-state index in [9.17, 15) is 19.5 Å². The molecule has 3 aromatic rings. The Morgan fingerprint density at radius 1 is 1.19 bits per heavy atom. The van der Waals surface area contributed by atoms with Crippen molar-refractivity contribution >= 4 is 29.4 Å². The molecular weight excluding hydrogens is 566 g/mol. The molecule has 2 aromatic carbocycles. The number of nitriles is 1. The first kappa shape index (κ1) is 31.9. The number of hydrogen-bond donors (Lipinski definition) is 3. The molecular formula is C32H37N5O5S. The number of hydrogen-bond acceptors (Lipinski definition) is 8. The summed E-state index contributed by atoms with van der Waals surface area (Å²) in [5.41, 5.74) is 0.154. The Bertz CT molecular complexity index is 1430. The van der Waals surface area contributed by atoms with Gasteiger partial charge in [0.15, 0.2) is 5.78 Å². The fourth-order valence-electron chi connectivity index (χ4n) is 5.18. The van der Waals surface area contributed by atoms with Crippen LogP contribution in [0.25, 0.3) is 0 Å². The first-order valence-electron chi connectivity index (χ1n) is 14.3. The molecule has 10 nitrogen and oxygen atoms in total. The maximum Gasteiger partial charge on any atom is 0.357 e. The average Bonchev–Trinajstić information content (AvgIpc) is 3.68. The van der Waals surface area contributed by atoms with Crippen LogP contribution in [0, 0.1) is 11.3 Å². The molecule has 0 bridgehead atoms. The Balaban J connectivity index is 1.47. The van der Waals surface area contributed by atoms with Crippen LogP contribution >= 0.6 is 11.8 Å². The molecule has 1 fully saturated rings. The molecule has 1 aromatic heterocycles. The van der Waals surface area contributed by atoms with Gasteiger partial charge in [0.05, 0.1) is 31.0 Å². The zero-order chi connectivity index (χ0) is 30.7. The highest BCUT2D eigenvalue weighted by Crippen LogP contribution is 2.27. The number of aryl methyl sites for hydroxylation is 1. The van der Waals surface area contributed by atoms with Gasteiger partial charge in [-0.3, -0.25) is 9.59 Å². The lowest BCUT2D eigenvalue weighted by Gasteiger charge is -2.35. The summed E-state index contributed by atoms with van der Waals surface area (Å²) in [7, 11) is 0. The molecule has 43 heavy (non-hydrogen) atoms. The first-order chi connectivity index (χ1) is 20.8. The van der Waals surface area contributed by atoms with Crippen molar-refractivity contribution in [2.24, 2.45) is 0 Å². The molecule has 2 heterocycles. The van der Waals surface area contributed by atoms with E-state index in [1.54, 1.807) is 24.7 Å². The minimum absolute atomic E-state index is 0.0439. The summed E-state index contributed by atoms with van der Waals surface area (Å²) in [5, 5.41) is 25.3. The fraction of sp³-hybridized carbons (Fsp3) is 0.406. The Labute approximate surface area is 255 Å². The highest BCUT2D eigenvalue weighted by molar-refractivity contribution is 7.98. The number of ether oxygens (including phenoxy) is 1. The maximum atomic E-state index is 13.8. The number of nitrogens with one attached hydrogen (secondary N) is 2. The van der Waals surface area contributed by atoms with Gasteiger partial charge in [-0.25, -0.2) is 9.78 Å². The summed E-state index contributed by atoms with van der Waals surface area (Å²) in [6.45, 7) is 0.875. The summed E-state index contributed by atoms with van der Waals surface area (Å²) in [5.74, 6) is -1.42. The third-order valence-corrected chi connectivity index (χ3v) is 8.36. The molecule has 2 atom stereocenters. The number of rotatable bonds is 16. The van der Waals surface area contributed by atoms with Gasteiger partial charge in [0.25, 0.3) is 0 Å². The van der Waals surface area contributed by atoms with Gasteiger partial charge in [0, 0.05) is 31.3 Å². The monoisotopic (exact) mass is 603 g/mol. The van der Waals surface area contributed by atoms with E-state index in [2.05, 4.69) is 21.7 Å². The number of carboxylic acids is 1. The number of nitrogens with zero attached hydrogens (tertiary/aromatic N) is 3. The third-order valence-electron chi connectivity index (χ3n) is 7.75. The molecule has 0 aliphatic carbocycles. The number of aliphatic carboxylic acids is 1. The van der Waals surface area contributed by atoms with E-state index in [0.29, 0.717) is 42.9 Å². The summed E-state index contributed by atoms with van der Waals surface area (Å²) < 4.78 is 8.00. The van der Waals surface area contributed by atoms with E-state index in [1.807, 2.05) is 53.3 Å². The van der Waals surface area contributed by atoms with Gasteiger partial charge in [-0.1, -0.05) is 42.5 Å². The van der Waals surface area contributed by atoms with Crippen molar-refractivity contribution in [3.8, 4) is 6.07 Å². The molecule has 0 unspecified atom stereocenters. The number of amides is 1. The van der Waals surface area contributed by atoms with Gasteiger partial charge >= 0.3 is 5.97 Å². The molecule has 11 heteroatoms. The molecule has 1 amide bonds. The number of imidazole rings is 1. The van der Waals surface area contributed by atoms with Crippen molar-refractivity contribution in [2.45, 2.75) is 56.3 Å². The first-order valence-corrected chi connectivity index (χ1v) is 15.7. The van der Waals surface area contributed by atoms with Crippen molar-refractivity contribution in [2.75, 3.05) is 25.2 Å². The van der Waals surface area contributed by atoms with Crippen molar-refractivity contribution in [3.63, 3.8) is 0 Å². The number of carbonyl (C=O) groups is 3. The predicted octanol–water partition coefficient (Wildman–Crippen LogP) is 3.34. The number of benzene rings is 2. The third kappa shape index (κ3) is 8.32. The smallest absolute Gasteiger partial charge is 0.357 e. The number of ketones is 1. The second-order valence-corrected chi connectivity index (χ2v) is 11.7. The van der Waals surface area contributed by atoms with Crippen LogP contribution in [0.2, 0.25) is 0 Å².